The molecule has 0 spiro atoms. The topological polar surface area (TPSA) is 75.4 Å². The monoisotopic (exact) mass is 361 g/mol. The van der Waals surface area contributed by atoms with Gasteiger partial charge in [0.1, 0.15) is 5.76 Å². The number of hydrogen-bond donors (Lipinski definition) is 1. The molecule has 0 unspecified atom stereocenters. The number of aromatic nitrogens is 1. The van der Waals surface area contributed by atoms with Gasteiger partial charge in [0.2, 0.25) is 5.91 Å². The number of hydrogen-bond acceptors (Lipinski definition) is 4. The molecule has 3 aromatic rings. The van der Waals surface area contributed by atoms with Crippen molar-refractivity contribution in [1.82, 2.24) is 10.3 Å². The fourth-order valence-electron chi connectivity index (χ4n) is 3.29. The van der Waals surface area contributed by atoms with Crippen molar-refractivity contribution in [2.45, 2.75) is 25.9 Å². The minimum Gasteiger partial charge on any atom is -0.467 e. The first kappa shape index (κ1) is 17.0. The summed E-state index contributed by atoms with van der Waals surface area (Å²) in [6, 6.07) is 14.3. The van der Waals surface area contributed by atoms with Gasteiger partial charge in [0.15, 0.2) is 0 Å². The minimum absolute atomic E-state index is 0.129. The van der Waals surface area contributed by atoms with Gasteiger partial charge in [-0.3, -0.25) is 19.5 Å². The normalized spacial score (nSPS) is 15.7. The van der Waals surface area contributed by atoms with Crippen LogP contribution in [0.5, 0.6) is 0 Å². The minimum atomic E-state index is -0.437. The molecule has 0 aliphatic carbocycles. The van der Waals surface area contributed by atoms with Crippen molar-refractivity contribution in [3.63, 3.8) is 0 Å². The molecule has 1 aromatic carbocycles. The molecule has 4 rings (SSSR count). The number of rotatable bonds is 5. The van der Waals surface area contributed by atoms with E-state index >= 15 is 0 Å². The lowest BCUT2D eigenvalue weighted by atomic mass is 10.1. The molecular formula is C21H19N3O3. The van der Waals surface area contributed by atoms with Gasteiger partial charge in [-0.2, -0.15) is 0 Å². The Morgan fingerprint density at radius 3 is 2.74 bits per heavy atom. The standard InChI is InChI=1S/C21H19N3O3/c1-14-6-8-15(9-7-14)24-18(20-17(21(24)26)5-2-10-22-20)12-19(25)23-13-16-4-3-11-27-16/h2-11,18H,12-13H2,1H3,(H,23,25)/t18-/m1/s1. The van der Waals surface area contributed by atoms with Gasteiger partial charge in [-0.05, 0) is 43.3 Å². The molecule has 2 amide bonds. The van der Waals surface area contributed by atoms with Gasteiger partial charge in [0, 0.05) is 11.9 Å². The summed E-state index contributed by atoms with van der Waals surface area (Å²) in [7, 11) is 0. The van der Waals surface area contributed by atoms with Crippen molar-refractivity contribution in [1.29, 1.82) is 0 Å². The molecule has 0 fully saturated rings. The molecule has 1 N–H and O–H groups in total. The smallest absolute Gasteiger partial charge is 0.260 e. The van der Waals surface area contributed by atoms with Crippen LogP contribution >= 0.6 is 0 Å². The Labute approximate surface area is 156 Å². The SMILES string of the molecule is Cc1ccc(N2C(=O)c3cccnc3[C@H]2CC(=O)NCc2ccco2)cc1. The molecular weight excluding hydrogens is 342 g/mol. The number of fused-ring (bicyclic) bond motifs is 1. The Morgan fingerprint density at radius 2 is 2.00 bits per heavy atom. The Kier molecular flexibility index (Phi) is 4.46. The first-order chi connectivity index (χ1) is 13.1. The van der Waals surface area contributed by atoms with Gasteiger partial charge in [-0.1, -0.05) is 17.7 Å². The number of nitrogens with zero attached hydrogens (tertiary/aromatic N) is 2. The van der Waals surface area contributed by atoms with E-state index in [-0.39, 0.29) is 18.2 Å². The lowest BCUT2D eigenvalue weighted by Gasteiger charge is -2.24. The fraction of sp³-hybridized carbons (Fsp3) is 0.190. The fourth-order valence-corrected chi connectivity index (χ4v) is 3.29. The van der Waals surface area contributed by atoms with Crippen LogP contribution in [0, 0.1) is 6.92 Å². The van der Waals surface area contributed by atoms with Crippen molar-refractivity contribution in [2.75, 3.05) is 4.90 Å². The van der Waals surface area contributed by atoms with E-state index in [0.29, 0.717) is 23.6 Å². The molecule has 1 aliphatic rings. The van der Waals surface area contributed by atoms with Gasteiger partial charge < -0.3 is 9.73 Å². The molecule has 136 valence electrons. The second-order valence-corrected chi connectivity index (χ2v) is 6.52. The largest absolute Gasteiger partial charge is 0.467 e. The number of carbonyl (C=O) groups excluding carboxylic acids is 2. The van der Waals surface area contributed by atoms with Crippen LogP contribution in [0.4, 0.5) is 5.69 Å². The number of amides is 2. The zero-order chi connectivity index (χ0) is 18.8. The third-order valence-corrected chi connectivity index (χ3v) is 4.65. The summed E-state index contributed by atoms with van der Waals surface area (Å²) >= 11 is 0. The summed E-state index contributed by atoms with van der Waals surface area (Å²) in [6.07, 6.45) is 3.35. The highest BCUT2D eigenvalue weighted by Gasteiger charge is 2.39. The molecule has 6 heteroatoms. The van der Waals surface area contributed by atoms with Crippen molar-refractivity contribution < 1.29 is 14.0 Å². The first-order valence-corrected chi connectivity index (χ1v) is 8.77. The van der Waals surface area contributed by atoms with Gasteiger partial charge in [0.25, 0.3) is 5.91 Å². The molecule has 0 radical (unpaired) electrons. The quantitative estimate of drug-likeness (QED) is 0.756. The second kappa shape index (κ2) is 7.07. The molecule has 0 saturated carbocycles. The van der Waals surface area contributed by atoms with Crippen LogP contribution in [0.2, 0.25) is 0 Å². The van der Waals surface area contributed by atoms with Crippen LogP contribution < -0.4 is 10.2 Å². The van der Waals surface area contributed by atoms with Gasteiger partial charge in [-0.25, -0.2) is 0 Å². The Hall–Kier alpha value is -3.41. The van der Waals surface area contributed by atoms with E-state index < -0.39 is 6.04 Å². The third-order valence-electron chi connectivity index (χ3n) is 4.65. The van der Waals surface area contributed by atoms with Crippen molar-refractivity contribution in [2.24, 2.45) is 0 Å². The van der Waals surface area contributed by atoms with Crippen molar-refractivity contribution >= 4 is 17.5 Å². The van der Waals surface area contributed by atoms with E-state index in [9.17, 15) is 9.59 Å². The lowest BCUT2D eigenvalue weighted by molar-refractivity contribution is -0.121. The van der Waals surface area contributed by atoms with E-state index in [4.69, 9.17) is 4.42 Å². The summed E-state index contributed by atoms with van der Waals surface area (Å²) in [5.74, 6) is 0.380. The molecule has 1 aliphatic heterocycles. The number of furan rings is 1. The summed E-state index contributed by atoms with van der Waals surface area (Å²) in [5.41, 5.74) is 3.04. The van der Waals surface area contributed by atoms with Crippen LogP contribution in [0.3, 0.4) is 0 Å². The number of carbonyl (C=O) groups is 2. The predicted molar refractivity (Wildman–Crippen MR) is 100 cm³/mol. The van der Waals surface area contributed by atoms with Crippen LogP contribution in [0.1, 0.15) is 39.8 Å². The predicted octanol–water partition coefficient (Wildman–Crippen LogP) is 3.39. The highest BCUT2D eigenvalue weighted by Crippen LogP contribution is 2.38. The summed E-state index contributed by atoms with van der Waals surface area (Å²) in [6.45, 7) is 2.30. The number of anilines is 1. The van der Waals surface area contributed by atoms with Crippen molar-refractivity contribution in [3.8, 4) is 0 Å². The Bertz CT molecular complexity index is 965. The molecule has 2 aromatic heterocycles. The maximum atomic E-state index is 13.0. The Morgan fingerprint density at radius 1 is 1.19 bits per heavy atom. The van der Waals surface area contributed by atoms with E-state index in [1.54, 1.807) is 41.6 Å². The summed E-state index contributed by atoms with van der Waals surface area (Å²) < 4.78 is 5.24. The number of pyridine rings is 1. The van der Waals surface area contributed by atoms with E-state index in [1.807, 2.05) is 31.2 Å². The number of aryl methyl sites for hydroxylation is 1. The van der Waals surface area contributed by atoms with Gasteiger partial charge >= 0.3 is 0 Å². The molecule has 3 heterocycles. The zero-order valence-corrected chi connectivity index (χ0v) is 14.9. The van der Waals surface area contributed by atoms with Crippen LogP contribution in [0.25, 0.3) is 0 Å². The molecule has 27 heavy (non-hydrogen) atoms. The third kappa shape index (κ3) is 3.33. The summed E-state index contributed by atoms with van der Waals surface area (Å²) in [4.78, 5) is 31.5. The summed E-state index contributed by atoms with van der Waals surface area (Å²) in [5, 5.41) is 2.84. The highest BCUT2D eigenvalue weighted by molar-refractivity contribution is 6.11. The average molecular weight is 361 g/mol. The second-order valence-electron chi connectivity index (χ2n) is 6.52. The van der Waals surface area contributed by atoms with E-state index in [0.717, 1.165) is 11.3 Å². The zero-order valence-electron chi connectivity index (χ0n) is 14.9. The van der Waals surface area contributed by atoms with Crippen LogP contribution in [-0.4, -0.2) is 16.8 Å². The van der Waals surface area contributed by atoms with E-state index in [1.165, 1.54) is 0 Å². The number of benzene rings is 1. The lowest BCUT2D eigenvalue weighted by Crippen LogP contribution is -2.32. The Balaban J connectivity index is 1.59. The first-order valence-electron chi connectivity index (χ1n) is 8.77. The molecule has 1 atom stereocenters. The van der Waals surface area contributed by atoms with Gasteiger partial charge in [-0.15, -0.1) is 0 Å². The average Bonchev–Trinajstić information content (AvgIpc) is 3.29. The van der Waals surface area contributed by atoms with Gasteiger partial charge in [0.05, 0.1) is 36.5 Å². The molecule has 0 saturated heterocycles. The molecule has 0 bridgehead atoms. The maximum Gasteiger partial charge on any atom is 0.260 e. The van der Waals surface area contributed by atoms with Crippen LogP contribution in [0.15, 0.2) is 65.4 Å². The van der Waals surface area contributed by atoms with E-state index in [2.05, 4.69) is 10.3 Å². The van der Waals surface area contributed by atoms with Crippen molar-refractivity contribution in [3.05, 3.63) is 83.6 Å². The maximum absolute atomic E-state index is 13.0. The van der Waals surface area contributed by atoms with Crippen LogP contribution in [-0.2, 0) is 11.3 Å². The number of nitrogens with one attached hydrogen (secondary N) is 1. The molecule has 6 nitrogen and oxygen atoms in total. The highest BCUT2D eigenvalue weighted by atomic mass is 16.3.